The maximum Gasteiger partial charge on any atom is 0.226 e. The van der Waals surface area contributed by atoms with E-state index in [0.717, 1.165) is 11.4 Å². The molecule has 1 N–H and O–H groups in total. The van der Waals surface area contributed by atoms with E-state index in [4.69, 9.17) is 0 Å². The van der Waals surface area contributed by atoms with Crippen molar-refractivity contribution in [3.8, 4) is 0 Å². The molecule has 0 saturated carbocycles. The summed E-state index contributed by atoms with van der Waals surface area (Å²) in [6.45, 7) is 4.45. The molecule has 0 bridgehead atoms. The van der Waals surface area contributed by atoms with E-state index in [9.17, 15) is 4.79 Å². The molecule has 0 spiro atoms. The second kappa shape index (κ2) is 3.59. The molecule has 0 unspecified atom stereocenters. The van der Waals surface area contributed by atoms with Crippen molar-refractivity contribution in [2.45, 2.75) is 38.5 Å². The second-order valence-corrected chi connectivity index (χ2v) is 5.78. The molecule has 0 fully saturated rings. The molecule has 1 amide bonds. The molecule has 0 radical (unpaired) electrons. The van der Waals surface area contributed by atoms with Gasteiger partial charge in [0.1, 0.15) is 5.01 Å². The highest BCUT2D eigenvalue weighted by molar-refractivity contribution is 7.11. The van der Waals surface area contributed by atoms with Crippen LogP contribution in [0.25, 0.3) is 0 Å². The summed E-state index contributed by atoms with van der Waals surface area (Å²) in [5, 5.41) is 3.58. The third-order valence-electron chi connectivity index (χ3n) is 2.95. The van der Waals surface area contributed by atoms with Crippen molar-refractivity contribution in [1.82, 2.24) is 10.3 Å². The first kappa shape index (κ1) is 10.6. The fourth-order valence-electron chi connectivity index (χ4n) is 1.94. The van der Waals surface area contributed by atoms with Crippen molar-refractivity contribution < 1.29 is 4.79 Å². The number of carbonyl (C=O) groups is 1. The molecule has 2 rings (SSSR count). The molecule has 1 aliphatic rings. The van der Waals surface area contributed by atoms with Crippen LogP contribution in [-0.4, -0.2) is 17.9 Å². The minimum Gasteiger partial charge on any atom is -0.359 e. The van der Waals surface area contributed by atoms with Gasteiger partial charge in [-0.05, 0) is 12.8 Å². The Bertz CT molecular complexity index is 395. The summed E-state index contributed by atoms with van der Waals surface area (Å²) in [6, 6.07) is 0. The van der Waals surface area contributed by atoms with Gasteiger partial charge in [0.15, 0.2) is 0 Å². The first-order chi connectivity index (χ1) is 7.03. The van der Waals surface area contributed by atoms with E-state index >= 15 is 0 Å². The summed E-state index contributed by atoms with van der Waals surface area (Å²) in [7, 11) is 1.66. The Morgan fingerprint density at radius 3 is 2.93 bits per heavy atom. The molecule has 1 aromatic rings. The van der Waals surface area contributed by atoms with E-state index in [2.05, 4.69) is 24.1 Å². The predicted octanol–water partition coefficient (Wildman–Crippen LogP) is 1.66. The van der Waals surface area contributed by atoms with Crippen LogP contribution in [0.4, 0.5) is 0 Å². The average Bonchev–Trinajstić information content (AvgIpc) is 2.68. The van der Waals surface area contributed by atoms with Crippen LogP contribution in [0.15, 0.2) is 0 Å². The molecule has 1 aliphatic carbocycles. The zero-order valence-electron chi connectivity index (χ0n) is 9.39. The van der Waals surface area contributed by atoms with Crippen molar-refractivity contribution >= 4 is 17.2 Å². The lowest BCUT2D eigenvalue weighted by molar-refractivity contribution is -0.119. The number of fused-ring (bicyclic) bond motifs is 1. The number of nitrogens with zero attached hydrogens (tertiary/aromatic N) is 1. The molecular weight excluding hydrogens is 208 g/mol. The average molecular weight is 224 g/mol. The molecule has 4 heteroatoms. The number of likely N-dealkylation sites (N-methyl/N-ethyl adjacent to an activating group) is 1. The van der Waals surface area contributed by atoms with Gasteiger partial charge in [0.2, 0.25) is 5.91 Å². The van der Waals surface area contributed by atoms with E-state index < -0.39 is 0 Å². The summed E-state index contributed by atoms with van der Waals surface area (Å²) in [6.07, 6.45) is 2.72. The molecule has 0 aromatic carbocycles. The van der Waals surface area contributed by atoms with E-state index in [1.165, 1.54) is 17.0 Å². The Labute approximate surface area is 93.9 Å². The van der Waals surface area contributed by atoms with Gasteiger partial charge < -0.3 is 5.32 Å². The molecule has 15 heavy (non-hydrogen) atoms. The quantitative estimate of drug-likeness (QED) is 0.830. The van der Waals surface area contributed by atoms with Crippen LogP contribution < -0.4 is 5.32 Å². The predicted molar refractivity (Wildman–Crippen MR) is 61.2 cm³/mol. The first-order valence-electron chi connectivity index (χ1n) is 5.22. The molecule has 82 valence electrons. The van der Waals surface area contributed by atoms with Crippen LogP contribution in [-0.2, 0) is 23.1 Å². The van der Waals surface area contributed by atoms with Gasteiger partial charge in [-0.2, -0.15) is 0 Å². The van der Waals surface area contributed by atoms with E-state index in [1.807, 2.05) is 0 Å². The lowest BCUT2D eigenvalue weighted by Gasteiger charge is -2.15. The molecule has 1 aromatic heterocycles. The minimum absolute atomic E-state index is 0.0419. The molecule has 0 atom stereocenters. The lowest BCUT2D eigenvalue weighted by Crippen LogP contribution is -2.20. The summed E-state index contributed by atoms with van der Waals surface area (Å²) in [5.74, 6) is 0.0419. The van der Waals surface area contributed by atoms with Crippen molar-refractivity contribution in [2.24, 2.45) is 0 Å². The highest BCUT2D eigenvalue weighted by Crippen LogP contribution is 2.40. The highest BCUT2D eigenvalue weighted by atomic mass is 32.1. The molecule has 1 heterocycles. The van der Waals surface area contributed by atoms with Gasteiger partial charge in [-0.3, -0.25) is 4.79 Å². The number of carbonyl (C=O) groups excluding carboxylic acids is 1. The molecular formula is C11H16N2OS. The molecule has 0 aliphatic heterocycles. The maximum absolute atomic E-state index is 11.2. The van der Waals surface area contributed by atoms with Gasteiger partial charge in [-0.15, -0.1) is 11.3 Å². The summed E-state index contributed by atoms with van der Waals surface area (Å²) < 4.78 is 0. The standard InChI is InChI=1S/C11H16N2OS/c1-11(2)5-4-7-10(11)13-9(15-7)6-8(14)12-3/h4-6H2,1-3H3,(H,12,14). The Kier molecular flexibility index (Phi) is 2.54. The SMILES string of the molecule is CNC(=O)Cc1nc2c(s1)CCC2(C)C. The Morgan fingerprint density at radius 1 is 1.60 bits per heavy atom. The number of nitrogens with one attached hydrogen (secondary N) is 1. The third-order valence-corrected chi connectivity index (χ3v) is 4.07. The lowest BCUT2D eigenvalue weighted by atomic mass is 9.91. The smallest absolute Gasteiger partial charge is 0.226 e. The summed E-state index contributed by atoms with van der Waals surface area (Å²) in [5.41, 5.74) is 1.42. The van der Waals surface area contributed by atoms with Gasteiger partial charge in [0.25, 0.3) is 0 Å². The first-order valence-corrected chi connectivity index (χ1v) is 6.04. The van der Waals surface area contributed by atoms with Crippen molar-refractivity contribution in [1.29, 1.82) is 0 Å². The number of amides is 1. The zero-order chi connectivity index (χ0) is 11.1. The number of hydrogen-bond donors (Lipinski definition) is 1. The summed E-state index contributed by atoms with van der Waals surface area (Å²) >= 11 is 1.70. The van der Waals surface area contributed by atoms with Crippen LogP contribution in [0.1, 0.15) is 35.8 Å². The number of thiazole rings is 1. The zero-order valence-corrected chi connectivity index (χ0v) is 10.2. The van der Waals surface area contributed by atoms with Crippen LogP contribution in [0.3, 0.4) is 0 Å². The third kappa shape index (κ3) is 1.91. The fraction of sp³-hybridized carbons (Fsp3) is 0.636. The maximum atomic E-state index is 11.2. The second-order valence-electron chi connectivity index (χ2n) is 4.61. The number of aryl methyl sites for hydroxylation is 1. The number of aromatic nitrogens is 1. The fourth-order valence-corrected chi connectivity index (χ4v) is 3.19. The molecule has 3 nitrogen and oxygen atoms in total. The Morgan fingerprint density at radius 2 is 2.33 bits per heavy atom. The minimum atomic E-state index is 0.0419. The Balaban J connectivity index is 2.22. The van der Waals surface area contributed by atoms with Gasteiger partial charge in [0.05, 0.1) is 12.1 Å². The van der Waals surface area contributed by atoms with E-state index in [0.29, 0.717) is 6.42 Å². The van der Waals surface area contributed by atoms with Gasteiger partial charge in [-0.25, -0.2) is 4.98 Å². The topological polar surface area (TPSA) is 42.0 Å². The van der Waals surface area contributed by atoms with Gasteiger partial charge in [0, 0.05) is 17.3 Å². The van der Waals surface area contributed by atoms with Crippen molar-refractivity contribution in [3.05, 3.63) is 15.6 Å². The number of rotatable bonds is 2. The molecule has 0 saturated heterocycles. The van der Waals surface area contributed by atoms with Crippen LogP contribution >= 0.6 is 11.3 Å². The van der Waals surface area contributed by atoms with Crippen LogP contribution in [0.2, 0.25) is 0 Å². The van der Waals surface area contributed by atoms with Crippen molar-refractivity contribution in [3.63, 3.8) is 0 Å². The summed E-state index contributed by atoms with van der Waals surface area (Å²) in [4.78, 5) is 17.2. The van der Waals surface area contributed by atoms with Crippen molar-refractivity contribution in [2.75, 3.05) is 7.05 Å². The van der Waals surface area contributed by atoms with E-state index in [-0.39, 0.29) is 11.3 Å². The van der Waals surface area contributed by atoms with Crippen LogP contribution in [0, 0.1) is 0 Å². The van der Waals surface area contributed by atoms with Crippen LogP contribution in [0.5, 0.6) is 0 Å². The monoisotopic (exact) mass is 224 g/mol. The normalized spacial score (nSPS) is 17.5. The van der Waals surface area contributed by atoms with Gasteiger partial charge in [-0.1, -0.05) is 13.8 Å². The largest absolute Gasteiger partial charge is 0.359 e. The Hall–Kier alpha value is -0.900. The van der Waals surface area contributed by atoms with E-state index in [1.54, 1.807) is 18.4 Å². The highest BCUT2D eigenvalue weighted by Gasteiger charge is 2.33. The van der Waals surface area contributed by atoms with Gasteiger partial charge >= 0.3 is 0 Å². The number of hydrogen-bond acceptors (Lipinski definition) is 3.